The lowest BCUT2D eigenvalue weighted by Crippen LogP contribution is -2.52. The van der Waals surface area contributed by atoms with Crippen LogP contribution < -0.4 is 14.2 Å². The van der Waals surface area contributed by atoms with E-state index in [1.54, 1.807) is 21.3 Å². The van der Waals surface area contributed by atoms with Crippen molar-refractivity contribution in [2.45, 2.75) is 76.7 Å². The molecule has 1 aliphatic carbocycles. The molecule has 1 amide bonds. The molecule has 0 N–H and O–H groups in total. The number of hydrogen-bond donors (Lipinski definition) is 0. The zero-order valence-corrected chi connectivity index (χ0v) is 21.3. The number of methoxy groups -OCH3 is 3. The van der Waals surface area contributed by atoms with Crippen LogP contribution in [0.5, 0.6) is 17.2 Å². The fourth-order valence-corrected chi connectivity index (χ4v) is 5.08. The molecule has 8 heteroatoms. The SMILES string of the molecule is COc1cc(CCCCOC(=O)[C@@H]2CCCCN2C(=O)C(=O)C2CCCCC2)cc(OC)c1OC. The summed E-state index contributed by atoms with van der Waals surface area (Å²) < 4.78 is 21.7. The van der Waals surface area contributed by atoms with E-state index in [2.05, 4.69) is 0 Å². The average molecular weight is 490 g/mol. The second-order valence-electron chi connectivity index (χ2n) is 9.37. The van der Waals surface area contributed by atoms with E-state index >= 15 is 0 Å². The Bertz CT molecular complexity index is 853. The third-order valence-corrected chi connectivity index (χ3v) is 7.05. The highest BCUT2D eigenvalue weighted by Gasteiger charge is 2.38. The smallest absolute Gasteiger partial charge is 0.328 e. The van der Waals surface area contributed by atoms with Crippen molar-refractivity contribution >= 4 is 17.7 Å². The highest BCUT2D eigenvalue weighted by Crippen LogP contribution is 2.38. The topological polar surface area (TPSA) is 91.4 Å². The number of aryl methyl sites for hydroxylation is 1. The molecule has 8 nitrogen and oxygen atoms in total. The number of hydrogen-bond acceptors (Lipinski definition) is 7. The Hall–Kier alpha value is -2.77. The molecule has 1 aromatic rings. The minimum atomic E-state index is -0.654. The van der Waals surface area contributed by atoms with Gasteiger partial charge in [0.15, 0.2) is 11.5 Å². The van der Waals surface area contributed by atoms with E-state index in [0.717, 1.165) is 63.4 Å². The van der Waals surface area contributed by atoms with Gasteiger partial charge in [-0.3, -0.25) is 9.59 Å². The molecule has 1 atom stereocenters. The van der Waals surface area contributed by atoms with Gasteiger partial charge < -0.3 is 23.8 Å². The number of nitrogens with zero attached hydrogens (tertiary/aromatic N) is 1. The minimum Gasteiger partial charge on any atom is -0.493 e. The quantitative estimate of drug-likeness (QED) is 0.262. The summed E-state index contributed by atoms with van der Waals surface area (Å²) in [5, 5.41) is 0. The Morgan fingerprint density at radius 1 is 0.857 bits per heavy atom. The lowest BCUT2D eigenvalue weighted by atomic mass is 9.85. The van der Waals surface area contributed by atoms with Crippen LogP contribution in [0.1, 0.15) is 69.8 Å². The number of carbonyl (C=O) groups excluding carboxylic acids is 3. The van der Waals surface area contributed by atoms with E-state index in [4.69, 9.17) is 18.9 Å². The largest absolute Gasteiger partial charge is 0.493 e. The zero-order chi connectivity index (χ0) is 25.2. The second kappa shape index (κ2) is 13.4. The van der Waals surface area contributed by atoms with E-state index in [1.165, 1.54) is 4.90 Å². The molecule has 0 aromatic heterocycles. The monoisotopic (exact) mass is 489 g/mol. The van der Waals surface area contributed by atoms with Crippen molar-refractivity contribution in [2.24, 2.45) is 5.92 Å². The first-order valence-corrected chi connectivity index (χ1v) is 12.8. The van der Waals surface area contributed by atoms with Crippen molar-refractivity contribution in [3.63, 3.8) is 0 Å². The summed E-state index contributed by atoms with van der Waals surface area (Å²) >= 11 is 0. The maximum atomic E-state index is 12.9. The van der Waals surface area contributed by atoms with Crippen LogP contribution in [0, 0.1) is 5.92 Å². The predicted octanol–water partition coefficient (Wildman–Crippen LogP) is 4.11. The number of Topliss-reactive ketones (excluding diaryl/α,β-unsaturated/α-hetero) is 1. The molecule has 0 unspecified atom stereocenters. The number of benzene rings is 1. The predicted molar refractivity (Wildman–Crippen MR) is 131 cm³/mol. The van der Waals surface area contributed by atoms with Crippen LogP contribution in [-0.2, 0) is 25.5 Å². The van der Waals surface area contributed by atoms with Gasteiger partial charge in [0, 0.05) is 12.5 Å². The molecule has 1 aliphatic heterocycles. The summed E-state index contributed by atoms with van der Waals surface area (Å²) in [5.41, 5.74) is 1.04. The summed E-state index contributed by atoms with van der Waals surface area (Å²) in [5.74, 6) is 0.362. The zero-order valence-electron chi connectivity index (χ0n) is 21.3. The molecular formula is C27H39NO7. The molecule has 2 fully saturated rings. The maximum absolute atomic E-state index is 12.9. The van der Waals surface area contributed by atoms with E-state index in [1.807, 2.05) is 12.1 Å². The highest BCUT2D eigenvalue weighted by molar-refractivity contribution is 6.37. The molecule has 1 saturated heterocycles. The number of amides is 1. The summed E-state index contributed by atoms with van der Waals surface area (Å²) in [6.07, 6.45) is 9.12. The first kappa shape index (κ1) is 26.8. The van der Waals surface area contributed by atoms with Crippen molar-refractivity contribution in [2.75, 3.05) is 34.5 Å². The van der Waals surface area contributed by atoms with Gasteiger partial charge in [-0.2, -0.15) is 0 Å². The molecule has 194 valence electrons. The van der Waals surface area contributed by atoms with Crippen LogP contribution in [0.4, 0.5) is 0 Å². The fraction of sp³-hybridized carbons (Fsp3) is 0.667. The van der Waals surface area contributed by atoms with Gasteiger partial charge in [-0.25, -0.2) is 4.79 Å². The lowest BCUT2D eigenvalue weighted by molar-refractivity contribution is -0.160. The Morgan fingerprint density at radius 3 is 2.14 bits per heavy atom. The molecule has 2 aliphatic rings. The maximum Gasteiger partial charge on any atom is 0.328 e. The average Bonchev–Trinajstić information content (AvgIpc) is 2.91. The van der Waals surface area contributed by atoms with Crippen molar-refractivity contribution in [3.05, 3.63) is 17.7 Å². The van der Waals surface area contributed by atoms with Gasteiger partial charge in [-0.05, 0) is 69.1 Å². The van der Waals surface area contributed by atoms with Crippen molar-refractivity contribution < 1.29 is 33.3 Å². The molecule has 1 saturated carbocycles. The van der Waals surface area contributed by atoms with Crippen molar-refractivity contribution in [1.82, 2.24) is 4.90 Å². The summed E-state index contributed by atoms with van der Waals surface area (Å²) in [4.78, 5) is 40.0. The first-order chi connectivity index (χ1) is 17.0. The van der Waals surface area contributed by atoms with Crippen LogP contribution in [-0.4, -0.2) is 63.1 Å². The number of rotatable bonds is 11. The summed E-state index contributed by atoms with van der Waals surface area (Å²) in [6.45, 7) is 0.719. The standard InChI is InChI=1S/C27H39NO7/c1-32-22-17-19(18-23(33-2)25(22)34-3)11-8-10-16-35-27(31)21-14-7-9-15-28(21)26(30)24(29)20-12-5-4-6-13-20/h17-18,20-21H,4-16H2,1-3H3/t21-/m0/s1. The van der Waals surface area contributed by atoms with Gasteiger partial charge in [0.1, 0.15) is 6.04 Å². The Labute approximate surface area is 208 Å². The highest BCUT2D eigenvalue weighted by atomic mass is 16.5. The van der Waals surface area contributed by atoms with E-state index in [0.29, 0.717) is 36.6 Å². The molecule has 0 bridgehead atoms. The molecule has 1 heterocycles. The Balaban J connectivity index is 1.48. The van der Waals surface area contributed by atoms with Gasteiger partial charge in [0.05, 0.1) is 27.9 Å². The molecule has 0 spiro atoms. The van der Waals surface area contributed by atoms with Crippen molar-refractivity contribution in [1.29, 1.82) is 0 Å². The summed E-state index contributed by atoms with van der Waals surface area (Å²) in [6, 6.07) is 3.18. The molecular weight excluding hydrogens is 450 g/mol. The van der Waals surface area contributed by atoms with Gasteiger partial charge >= 0.3 is 5.97 Å². The summed E-state index contributed by atoms with van der Waals surface area (Å²) in [7, 11) is 4.74. The minimum absolute atomic E-state index is 0.190. The molecule has 35 heavy (non-hydrogen) atoms. The molecule has 0 radical (unpaired) electrons. The number of piperidine rings is 1. The second-order valence-corrected chi connectivity index (χ2v) is 9.37. The Morgan fingerprint density at radius 2 is 1.51 bits per heavy atom. The number of esters is 1. The van der Waals surface area contributed by atoms with Crippen LogP contribution in [0.3, 0.4) is 0 Å². The number of unbranched alkanes of at least 4 members (excludes halogenated alkanes) is 1. The van der Waals surface area contributed by atoms with Crippen LogP contribution in [0.2, 0.25) is 0 Å². The van der Waals surface area contributed by atoms with Crippen LogP contribution in [0.15, 0.2) is 12.1 Å². The molecule has 3 rings (SSSR count). The third-order valence-electron chi connectivity index (χ3n) is 7.05. The van der Waals surface area contributed by atoms with Gasteiger partial charge in [0.2, 0.25) is 11.5 Å². The fourth-order valence-electron chi connectivity index (χ4n) is 5.08. The van der Waals surface area contributed by atoms with Gasteiger partial charge in [0.25, 0.3) is 5.91 Å². The normalized spacial score (nSPS) is 18.6. The number of carbonyl (C=O) groups is 3. The van der Waals surface area contributed by atoms with Crippen LogP contribution in [0.25, 0.3) is 0 Å². The van der Waals surface area contributed by atoms with E-state index < -0.39 is 17.9 Å². The molecule has 1 aromatic carbocycles. The first-order valence-electron chi connectivity index (χ1n) is 12.8. The lowest BCUT2D eigenvalue weighted by Gasteiger charge is -2.34. The van der Waals surface area contributed by atoms with Gasteiger partial charge in [-0.1, -0.05) is 19.3 Å². The number of likely N-dealkylation sites (tertiary alicyclic amines) is 1. The number of ether oxygens (including phenoxy) is 4. The number of ketones is 1. The third kappa shape index (κ3) is 6.89. The van der Waals surface area contributed by atoms with Crippen molar-refractivity contribution in [3.8, 4) is 17.2 Å². The van der Waals surface area contributed by atoms with Gasteiger partial charge in [-0.15, -0.1) is 0 Å². The Kier molecular flexibility index (Phi) is 10.2. The van der Waals surface area contributed by atoms with Crippen LogP contribution >= 0.6 is 0 Å². The van der Waals surface area contributed by atoms with E-state index in [-0.39, 0.29) is 18.3 Å². The van der Waals surface area contributed by atoms with E-state index in [9.17, 15) is 14.4 Å².